The number of carbonyl (C=O) groups is 1. The van der Waals surface area contributed by atoms with E-state index in [-0.39, 0.29) is 29.3 Å². The van der Waals surface area contributed by atoms with Crippen molar-refractivity contribution in [2.75, 3.05) is 39.3 Å². The Balaban J connectivity index is 1.23. The second kappa shape index (κ2) is 8.39. The van der Waals surface area contributed by atoms with Crippen molar-refractivity contribution in [1.29, 1.82) is 0 Å². The predicted octanol–water partition coefficient (Wildman–Crippen LogP) is 1.79. The number of hydrogen-bond acceptors (Lipinski definition) is 5. The molecule has 1 unspecified atom stereocenters. The normalized spacial score (nSPS) is 26.0. The van der Waals surface area contributed by atoms with Gasteiger partial charge in [-0.15, -0.1) is 0 Å². The van der Waals surface area contributed by atoms with Gasteiger partial charge in [0.1, 0.15) is 5.75 Å². The van der Waals surface area contributed by atoms with Crippen molar-refractivity contribution in [1.82, 2.24) is 9.80 Å². The van der Waals surface area contributed by atoms with E-state index in [1.807, 2.05) is 17.0 Å². The van der Waals surface area contributed by atoms with E-state index < -0.39 is 0 Å². The van der Waals surface area contributed by atoms with Gasteiger partial charge < -0.3 is 24.7 Å². The molecule has 3 aliphatic heterocycles. The maximum absolute atomic E-state index is 12.6. The number of benzene rings is 1. The molecule has 6 heteroatoms. The zero-order valence-corrected chi connectivity index (χ0v) is 16.6. The van der Waals surface area contributed by atoms with Crippen LogP contribution in [0.25, 0.3) is 0 Å². The van der Waals surface area contributed by atoms with Gasteiger partial charge in [-0.1, -0.05) is 12.1 Å². The van der Waals surface area contributed by atoms with Crippen LogP contribution in [-0.2, 0) is 16.0 Å². The first kappa shape index (κ1) is 19.7. The van der Waals surface area contributed by atoms with Crippen LogP contribution in [0.3, 0.4) is 0 Å². The van der Waals surface area contributed by atoms with E-state index in [0.29, 0.717) is 6.42 Å². The molecule has 1 spiro atoms. The highest BCUT2D eigenvalue weighted by Gasteiger charge is 2.43. The van der Waals surface area contributed by atoms with Gasteiger partial charge in [-0.25, -0.2) is 0 Å². The Morgan fingerprint density at radius 3 is 2.46 bits per heavy atom. The molecule has 0 saturated carbocycles. The summed E-state index contributed by atoms with van der Waals surface area (Å²) >= 11 is 0. The Hall–Kier alpha value is -1.63. The highest BCUT2D eigenvalue weighted by molar-refractivity contribution is 5.78. The number of carbonyl (C=O) groups excluding carboxylic acids is 1. The number of piperidine rings is 2. The summed E-state index contributed by atoms with van der Waals surface area (Å²) in [6, 6.07) is 6.89. The third-order valence-electron chi connectivity index (χ3n) is 6.77. The maximum atomic E-state index is 12.6. The predicted molar refractivity (Wildman–Crippen MR) is 106 cm³/mol. The number of phenols is 1. The molecule has 3 fully saturated rings. The van der Waals surface area contributed by atoms with Crippen LogP contribution in [0.5, 0.6) is 5.75 Å². The number of hydrogen-bond donors (Lipinski definition) is 2. The summed E-state index contributed by atoms with van der Waals surface area (Å²) in [5.74, 6) is 0.399. The SMILES string of the molecule is O=C(Cc1ccc(O)cc1)N1CCC2(CC1)COC(CN1CCC(O)CC1)C2. The number of rotatable bonds is 4. The molecule has 0 bridgehead atoms. The lowest BCUT2D eigenvalue weighted by Crippen LogP contribution is -2.44. The number of aromatic hydroxyl groups is 1. The number of aliphatic hydroxyl groups excluding tert-OH is 1. The highest BCUT2D eigenvalue weighted by Crippen LogP contribution is 2.42. The first-order chi connectivity index (χ1) is 13.5. The molecule has 2 N–H and O–H groups in total. The van der Waals surface area contributed by atoms with Crippen molar-refractivity contribution in [2.24, 2.45) is 5.41 Å². The van der Waals surface area contributed by atoms with Gasteiger partial charge in [0.05, 0.1) is 25.2 Å². The van der Waals surface area contributed by atoms with Crippen LogP contribution in [0.2, 0.25) is 0 Å². The lowest BCUT2D eigenvalue weighted by molar-refractivity contribution is -0.132. The summed E-state index contributed by atoms with van der Waals surface area (Å²) in [6.45, 7) is 5.33. The Bertz CT molecular complexity index is 662. The Morgan fingerprint density at radius 1 is 1.11 bits per heavy atom. The lowest BCUT2D eigenvalue weighted by Gasteiger charge is -2.38. The van der Waals surface area contributed by atoms with Crippen molar-refractivity contribution in [3.63, 3.8) is 0 Å². The molecule has 0 radical (unpaired) electrons. The number of amides is 1. The second-order valence-corrected chi connectivity index (χ2v) is 8.89. The molecule has 0 aromatic heterocycles. The van der Waals surface area contributed by atoms with Crippen LogP contribution in [0.15, 0.2) is 24.3 Å². The molecule has 0 aliphatic carbocycles. The van der Waals surface area contributed by atoms with Crippen molar-refractivity contribution < 1.29 is 19.7 Å². The Morgan fingerprint density at radius 2 is 1.79 bits per heavy atom. The largest absolute Gasteiger partial charge is 0.508 e. The number of likely N-dealkylation sites (tertiary alicyclic amines) is 2. The average molecular weight is 389 g/mol. The molecule has 4 rings (SSSR count). The smallest absolute Gasteiger partial charge is 0.226 e. The monoisotopic (exact) mass is 388 g/mol. The van der Waals surface area contributed by atoms with E-state index in [4.69, 9.17) is 4.74 Å². The van der Waals surface area contributed by atoms with Crippen LogP contribution in [0, 0.1) is 5.41 Å². The van der Waals surface area contributed by atoms with E-state index in [9.17, 15) is 15.0 Å². The summed E-state index contributed by atoms with van der Waals surface area (Å²) in [6.07, 6.45) is 5.42. The zero-order valence-electron chi connectivity index (χ0n) is 16.6. The van der Waals surface area contributed by atoms with E-state index >= 15 is 0 Å². The van der Waals surface area contributed by atoms with Gasteiger partial charge in [0.15, 0.2) is 0 Å². The number of nitrogens with zero attached hydrogens (tertiary/aromatic N) is 2. The average Bonchev–Trinajstić information content (AvgIpc) is 3.08. The minimum Gasteiger partial charge on any atom is -0.508 e. The third kappa shape index (κ3) is 4.67. The van der Waals surface area contributed by atoms with Crippen molar-refractivity contribution >= 4 is 5.91 Å². The second-order valence-electron chi connectivity index (χ2n) is 8.89. The van der Waals surface area contributed by atoms with E-state index in [1.165, 1.54) is 0 Å². The fourth-order valence-corrected chi connectivity index (χ4v) is 4.88. The fourth-order valence-electron chi connectivity index (χ4n) is 4.88. The lowest BCUT2D eigenvalue weighted by atomic mass is 9.76. The van der Waals surface area contributed by atoms with Gasteiger partial charge in [0.2, 0.25) is 5.91 Å². The molecule has 3 heterocycles. The van der Waals surface area contributed by atoms with Crippen LogP contribution in [0.4, 0.5) is 0 Å². The molecule has 1 aromatic rings. The van der Waals surface area contributed by atoms with Crippen LogP contribution < -0.4 is 0 Å². The summed E-state index contributed by atoms with van der Waals surface area (Å²) in [4.78, 5) is 17.0. The zero-order chi connectivity index (χ0) is 19.6. The van der Waals surface area contributed by atoms with Gasteiger partial charge >= 0.3 is 0 Å². The molecular formula is C22H32N2O4. The van der Waals surface area contributed by atoms with Gasteiger partial charge in [-0.05, 0) is 55.2 Å². The molecule has 3 aliphatic rings. The summed E-state index contributed by atoms with van der Waals surface area (Å²) in [5.41, 5.74) is 1.17. The van der Waals surface area contributed by atoms with Gasteiger partial charge in [-0.2, -0.15) is 0 Å². The van der Waals surface area contributed by atoms with Gasteiger partial charge in [0, 0.05) is 32.7 Å². The van der Waals surface area contributed by atoms with E-state index in [0.717, 1.165) is 77.0 Å². The fraction of sp³-hybridized carbons (Fsp3) is 0.682. The summed E-state index contributed by atoms with van der Waals surface area (Å²) in [5, 5.41) is 19.0. The number of aliphatic hydroxyl groups is 1. The van der Waals surface area contributed by atoms with Crippen LogP contribution >= 0.6 is 0 Å². The molecule has 1 aromatic carbocycles. The van der Waals surface area contributed by atoms with Gasteiger partial charge in [0.25, 0.3) is 0 Å². The summed E-state index contributed by atoms with van der Waals surface area (Å²) < 4.78 is 6.15. The van der Waals surface area contributed by atoms with Crippen molar-refractivity contribution in [3.05, 3.63) is 29.8 Å². The number of ether oxygens (including phenoxy) is 1. The Labute approximate surface area is 167 Å². The Kier molecular flexibility index (Phi) is 5.90. The summed E-state index contributed by atoms with van der Waals surface area (Å²) in [7, 11) is 0. The van der Waals surface area contributed by atoms with Gasteiger partial charge in [-0.3, -0.25) is 4.79 Å². The first-order valence-corrected chi connectivity index (χ1v) is 10.6. The number of phenolic OH excluding ortho intramolecular Hbond substituents is 1. The maximum Gasteiger partial charge on any atom is 0.226 e. The molecule has 28 heavy (non-hydrogen) atoms. The quantitative estimate of drug-likeness (QED) is 0.823. The molecule has 6 nitrogen and oxygen atoms in total. The topological polar surface area (TPSA) is 73.2 Å². The molecule has 3 saturated heterocycles. The van der Waals surface area contributed by atoms with E-state index in [2.05, 4.69) is 4.90 Å². The van der Waals surface area contributed by atoms with E-state index in [1.54, 1.807) is 12.1 Å². The van der Waals surface area contributed by atoms with Crippen LogP contribution in [-0.4, -0.2) is 77.5 Å². The third-order valence-corrected chi connectivity index (χ3v) is 6.77. The molecule has 1 amide bonds. The first-order valence-electron chi connectivity index (χ1n) is 10.6. The standard InChI is InChI=1S/C22H32N2O4/c25-18-3-1-17(2-4-18)13-21(27)24-11-7-22(8-12-24)14-20(28-16-22)15-23-9-5-19(26)6-10-23/h1-4,19-20,25-26H,5-16H2. The highest BCUT2D eigenvalue weighted by atomic mass is 16.5. The van der Waals surface area contributed by atoms with Crippen LogP contribution in [0.1, 0.15) is 37.7 Å². The molecule has 1 atom stereocenters. The molecule has 154 valence electrons. The minimum absolute atomic E-state index is 0.129. The van der Waals surface area contributed by atoms with Crippen molar-refractivity contribution in [2.45, 2.75) is 50.7 Å². The van der Waals surface area contributed by atoms with Crippen molar-refractivity contribution in [3.8, 4) is 5.75 Å². The molecular weight excluding hydrogens is 356 g/mol. The minimum atomic E-state index is -0.129.